The van der Waals surface area contributed by atoms with E-state index < -0.39 is 12.0 Å². The lowest BCUT2D eigenvalue weighted by atomic mass is 9.79. The first-order valence-electron chi connectivity index (χ1n) is 9.47. The maximum atomic E-state index is 13.0. The van der Waals surface area contributed by atoms with E-state index in [0.717, 1.165) is 17.7 Å². The van der Waals surface area contributed by atoms with Gasteiger partial charge in [-0.1, -0.05) is 66.1 Å². The maximum Gasteiger partial charge on any atom is 0.329 e. The first-order chi connectivity index (χ1) is 14.0. The molecule has 8 heteroatoms. The molecular weight excluding hydrogens is 426 g/mol. The summed E-state index contributed by atoms with van der Waals surface area (Å²) >= 11 is 7.86. The average molecular weight is 450 g/mol. The van der Waals surface area contributed by atoms with Gasteiger partial charge in [-0.05, 0) is 36.8 Å². The lowest BCUT2D eigenvalue weighted by molar-refractivity contribution is -0.148. The Morgan fingerprint density at radius 1 is 1.14 bits per heavy atom. The van der Waals surface area contributed by atoms with Crippen LogP contribution in [0.1, 0.15) is 25.7 Å². The van der Waals surface area contributed by atoms with Crippen LogP contribution in [0, 0.1) is 11.8 Å². The molecule has 1 heterocycles. The molecule has 3 atom stereocenters. The Hall–Kier alpha value is -1.64. The van der Waals surface area contributed by atoms with E-state index in [1.54, 1.807) is 0 Å². The summed E-state index contributed by atoms with van der Waals surface area (Å²) in [5.41, 5.74) is 0. The van der Waals surface area contributed by atoms with Crippen molar-refractivity contribution >= 4 is 57.1 Å². The molecule has 29 heavy (non-hydrogen) atoms. The highest BCUT2D eigenvalue weighted by molar-refractivity contribution is 8.23. The number of thioether (sulfide) groups is 2. The van der Waals surface area contributed by atoms with Gasteiger partial charge in [-0.15, -0.1) is 0 Å². The van der Waals surface area contributed by atoms with E-state index in [-0.39, 0.29) is 29.3 Å². The molecule has 0 N–H and O–H groups in total. The fraction of sp³-hybridized carbons (Fsp3) is 0.429. The molecule has 154 valence electrons. The second-order valence-corrected chi connectivity index (χ2v) is 9.82. The number of benzene rings is 1. The Morgan fingerprint density at radius 3 is 2.45 bits per heavy atom. The largest absolute Gasteiger partial charge is 0.467 e. The van der Waals surface area contributed by atoms with Crippen LogP contribution in [0.5, 0.6) is 0 Å². The van der Waals surface area contributed by atoms with Crippen LogP contribution >= 0.6 is 35.7 Å². The van der Waals surface area contributed by atoms with E-state index in [9.17, 15) is 14.4 Å². The molecule has 0 aromatic heterocycles. The molecule has 0 radical (unpaired) electrons. The highest BCUT2D eigenvalue weighted by atomic mass is 32.2. The zero-order valence-corrected chi connectivity index (χ0v) is 18.6. The van der Waals surface area contributed by atoms with Crippen LogP contribution in [0.15, 0.2) is 47.4 Å². The highest BCUT2D eigenvalue weighted by Gasteiger charge is 2.40. The number of esters is 1. The molecule has 1 aromatic carbocycles. The van der Waals surface area contributed by atoms with Crippen molar-refractivity contribution in [1.82, 2.24) is 4.90 Å². The number of nitrogens with zero attached hydrogens (tertiary/aromatic N) is 1. The van der Waals surface area contributed by atoms with Gasteiger partial charge in [0.25, 0.3) is 0 Å². The molecule has 1 aliphatic heterocycles. The molecule has 1 saturated heterocycles. The Morgan fingerprint density at radius 2 is 1.79 bits per heavy atom. The minimum Gasteiger partial charge on any atom is -0.467 e. The molecule has 0 saturated carbocycles. The third-order valence-electron chi connectivity index (χ3n) is 5.17. The molecule has 1 fully saturated rings. The van der Waals surface area contributed by atoms with Gasteiger partial charge in [-0.2, -0.15) is 0 Å². The number of carbonyl (C=O) groups is 3. The molecule has 5 nitrogen and oxygen atoms in total. The zero-order valence-electron chi connectivity index (χ0n) is 16.1. The minimum atomic E-state index is -0.655. The van der Waals surface area contributed by atoms with E-state index in [1.165, 1.54) is 35.5 Å². The smallest absolute Gasteiger partial charge is 0.329 e. The average Bonchev–Trinajstić information content (AvgIpc) is 3.11. The summed E-state index contributed by atoms with van der Waals surface area (Å²) in [6, 6.07) is 8.93. The van der Waals surface area contributed by atoms with Crippen molar-refractivity contribution in [1.29, 1.82) is 0 Å². The Kier molecular flexibility index (Phi) is 7.91. The lowest BCUT2D eigenvalue weighted by Gasteiger charge is -2.30. The SMILES string of the molecule is COC(=O)C1CSC(=S)N1C(=O)CC1CC=CCC1CC(=O)Sc1ccccc1. The topological polar surface area (TPSA) is 63.7 Å². The monoisotopic (exact) mass is 449 g/mol. The predicted octanol–water partition coefficient (Wildman–Crippen LogP) is 4.07. The van der Waals surface area contributed by atoms with E-state index in [1.807, 2.05) is 30.3 Å². The van der Waals surface area contributed by atoms with E-state index in [0.29, 0.717) is 16.5 Å². The summed E-state index contributed by atoms with van der Waals surface area (Å²) < 4.78 is 5.24. The fourth-order valence-electron chi connectivity index (χ4n) is 3.63. The number of thiocarbonyl (C=S) groups is 1. The summed E-state index contributed by atoms with van der Waals surface area (Å²) in [6.07, 6.45) is 6.36. The number of carbonyl (C=O) groups excluding carboxylic acids is 3. The van der Waals surface area contributed by atoms with Crippen LogP contribution in [0.3, 0.4) is 0 Å². The lowest BCUT2D eigenvalue weighted by Crippen LogP contribution is -2.45. The third-order valence-corrected chi connectivity index (χ3v) is 7.55. The third kappa shape index (κ3) is 5.71. The Bertz CT molecular complexity index is 811. The molecule has 1 aromatic rings. The number of amides is 1. The molecule has 3 rings (SSSR count). The van der Waals surface area contributed by atoms with Crippen molar-refractivity contribution in [2.24, 2.45) is 11.8 Å². The number of rotatable bonds is 6. The summed E-state index contributed by atoms with van der Waals surface area (Å²) in [6.45, 7) is 0. The number of hydrogen-bond acceptors (Lipinski definition) is 7. The van der Waals surface area contributed by atoms with Gasteiger partial charge in [0.15, 0.2) is 5.12 Å². The zero-order chi connectivity index (χ0) is 20.8. The predicted molar refractivity (Wildman–Crippen MR) is 120 cm³/mol. The number of allylic oxidation sites excluding steroid dienone is 2. The molecule has 3 unspecified atom stereocenters. The first kappa shape index (κ1) is 22.1. The van der Waals surface area contributed by atoms with Crippen LogP contribution in [-0.2, 0) is 19.1 Å². The van der Waals surface area contributed by atoms with Gasteiger partial charge in [0.05, 0.1) is 7.11 Å². The van der Waals surface area contributed by atoms with Crippen LogP contribution < -0.4 is 0 Å². The molecular formula is C21H23NO4S3. The van der Waals surface area contributed by atoms with E-state index in [4.69, 9.17) is 17.0 Å². The van der Waals surface area contributed by atoms with Crippen LogP contribution in [0.4, 0.5) is 0 Å². The molecule has 1 amide bonds. The van der Waals surface area contributed by atoms with Gasteiger partial charge in [-0.3, -0.25) is 14.5 Å². The van der Waals surface area contributed by atoms with Crippen molar-refractivity contribution in [2.45, 2.75) is 36.6 Å². The van der Waals surface area contributed by atoms with Crippen molar-refractivity contribution in [3.63, 3.8) is 0 Å². The standard InChI is InChI=1S/C21H23NO4S3/c1-26-20(25)17-13-28-21(27)22(17)18(23)11-14-7-5-6-8-15(14)12-19(24)29-16-9-3-2-4-10-16/h2-6,9-10,14-15,17H,7-8,11-13H2,1H3. The first-order valence-corrected chi connectivity index (χ1v) is 11.7. The summed E-state index contributed by atoms with van der Waals surface area (Å²) in [7, 11) is 1.31. The molecule has 1 aliphatic carbocycles. The van der Waals surface area contributed by atoms with E-state index in [2.05, 4.69) is 12.2 Å². The van der Waals surface area contributed by atoms with Gasteiger partial charge in [0.1, 0.15) is 10.4 Å². The highest BCUT2D eigenvalue weighted by Crippen LogP contribution is 2.35. The van der Waals surface area contributed by atoms with Gasteiger partial charge in [0.2, 0.25) is 5.91 Å². The second-order valence-electron chi connectivity index (χ2n) is 7.04. The quantitative estimate of drug-likeness (QED) is 0.281. The van der Waals surface area contributed by atoms with Crippen LogP contribution in [0.25, 0.3) is 0 Å². The van der Waals surface area contributed by atoms with Crippen LogP contribution in [0.2, 0.25) is 0 Å². The van der Waals surface area contributed by atoms with Crippen LogP contribution in [-0.4, -0.2) is 45.1 Å². The Labute approximate surface area is 184 Å². The number of ether oxygens (including phenoxy) is 1. The maximum absolute atomic E-state index is 13.0. The van der Waals surface area contributed by atoms with Crippen molar-refractivity contribution in [3.8, 4) is 0 Å². The van der Waals surface area contributed by atoms with Gasteiger partial charge in [-0.25, -0.2) is 4.79 Å². The summed E-state index contributed by atoms with van der Waals surface area (Å²) in [5, 5.41) is 0.105. The number of methoxy groups -OCH3 is 1. The van der Waals surface area contributed by atoms with Gasteiger partial charge < -0.3 is 4.74 Å². The summed E-state index contributed by atoms with van der Waals surface area (Å²) in [5.74, 6) is -0.0195. The van der Waals surface area contributed by atoms with Crippen molar-refractivity contribution in [3.05, 3.63) is 42.5 Å². The molecule has 2 aliphatic rings. The Balaban J connectivity index is 1.63. The van der Waals surface area contributed by atoms with Gasteiger partial charge in [0, 0.05) is 23.5 Å². The molecule has 0 spiro atoms. The van der Waals surface area contributed by atoms with Crippen molar-refractivity contribution < 1.29 is 19.1 Å². The van der Waals surface area contributed by atoms with Crippen molar-refractivity contribution in [2.75, 3.05) is 12.9 Å². The second kappa shape index (κ2) is 10.4. The fourth-order valence-corrected chi connectivity index (χ4v) is 5.87. The van der Waals surface area contributed by atoms with E-state index >= 15 is 0 Å². The summed E-state index contributed by atoms with van der Waals surface area (Å²) in [4.78, 5) is 39.9. The number of hydrogen-bond donors (Lipinski definition) is 0. The normalized spacial score (nSPS) is 23.8. The molecule has 0 bridgehead atoms. The van der Waals surface area contributed by atoms with Gasteiger partial charge >= 0.3 is 5.97 Å². The minimum absolute atomic E-state index is 0.0551.